The molecule has 26 heavy (non-hydrogen) atoms. The van der Waals surface area contributed by atoms with Gasteiger partial charge >= 0.3 is 0 Å². The Labute approximate surface area is 163 Å². The van der Waals surface area contributed by atoms with Crippen LogP contribution in [-0.4, -0.2) is 43.8 Å². The predicted molar refractivity (Wildman–Crippen MR) is 106 cm³/mol. The molecular formula is C19H19Cl2NO3S. The monoisotopic (exact) mass is 411 g/mol. The summed E-state index contributed by atoms with van der Waals surface area (Å²) in [4.78, 5) is 2.18. The van der Waals surface area contributed by atoms with Crippen molar-refractivity contribution >= 4 is 38.6 Å². The minimum absolute atomic E-state index is 0.00452. The molecule has 3 rings (SSSR count). The number of rotatable bonds is 5. The molecule has 0 saturated heterocycles. The van der Waals surface area contributed by atoms with E-state index in [0.29, 0.717) is 18.1 Å². The first-order valence-electron chi connectivity index (χ1n) is 8.24. The molecule has 1 aliphatic rings. The van der Waals surface area contributed by atoms with Gasteiger partial charge in [0.25, 0.3) is 0 Å². The van der Waals surface area contributed by atoms with Gasteiger partial charge in [-0.05, 0) is 47.9 Å². The van der Waals surface area contributed by atoms with E-state index < -0.39 is 9.84 Å². The molecule has 0 aliphatic carbocycles. The normalized spacial score (nSPS) is 15.7. The lowest BCUT2D eigenvalue weighted by Crippen LogP contribution is -2.33. The van der Waals surface area contributed by atoms with E-state index in [1.54, 1.807) is 18.2 Å². The molecule has 0 bridgehead atoms. The molecule has 1 aliphatic heterocycles. The fourth-order valence-corrected chi connectivity index (χ4v) is 5.02. The van der Waals surface area contributed by atoms with Crippen LogP contribution in [0.15, 0.2) is 53.4 Å². The van der Waals surface area contributed by atoms with Gasteiger partial charge in [-0.15, -0.1) is 0 Å². The second kappa shape index (κ2) is 8.01. The fraction of sp³-hybridized carbons (Fsp3) is 0.263. The van der Waals surface area contributed by atoms with Crippen LogP contribution in [0.25, 0.3) is 5.57 Å². The maximum Gasteiger partial charge on any atom is 0.181 e. The third kappa shape index (κ3) is 4.60. The molecule has 0 atom stereocenters. The Hall–Kier alpha value is -1.53. The van der Waals surface area contributed by atoms with Gasteiger partial charge in [-0.25, -0.2) is 8.42 Å². The molecule has 0 radical (unpaired) electrons. The molecule has 0 aromatic heterocycles. The topological polar surface area (TPSA) is 57.6 Å². The smallest absolute Gasteiger partial charge is 0.181 e. The van der Waals surface area contributed by atoms with E-state index in [-0.39, 0.29) is 21.4 Å². The van der Waals surface area contributed by atoms with Crippen molar-refractivity contribution in [2.24, 2.45) is 0 Å². The van der Waals surface area contributed by atoms with Gasteiger partial charge in [0.15, 0.2) is 9.84 Å². The first kappa shape index (κ1) is 19.2. The van der Waals surface area contributed by atoms with E-state index in [1.165, 1.54) is 17.7 Å². The van der Waals surface area contributed by atoms with E-state index in [1.807, 2.05) is 12.1 Å². The second-order valence-corrected chi connectivity index (χ2v) is 9.14. The first-order valence-corrected chi connectivity index (χ1v) is 10.6. The van der Waals surface area contributed by atoms with E-state index in [2.05, 4.69) is 11.0 Å². The second-order valence-electron chi connectivity index (χ2n) is 6.22. The largest absolute Gasteiger partial charge is 0.508 e. The quantitative estimate of drug-likeness (QED) is 0.797. The summed E-state index contributed by atoms with van der Waals surface area (Å²) in [5, 5.41) is 9.92. The van der Waals surface area contributed by atoms with Crippen LogP contribution in [0.1, 0.15) is 12.0 Å². The maximum atomic E-state index is 12.6. The molecule has 0 unspecified atom stereocenters. The van der Waals surface area contributed by atoms with Crippen LogP contribution in [0.4, 0.5) is 0 Å². The van der Waals surface area contributed by atoms with Crippen molar-refractivity contribution in [2.75, 3.05) is 25.4 Å². The fourth-order valence-electron chi connectivity index (χ4n) is 2.93. The summed E-state index contributed by atoms with van der Waals surface area (Å²) in [6.45, 7) is 1.91. The predicted octanol–water partition coefficient (Wildman–Crippen LogP) is 4.26. The Morgan fingerprint density at radius 3 is 2.46 bits per heavy atom. The Bertz CT molecular complexity index is 924. The molecule has 0 spiro atoms. The SMILES string of the molecule is O=S(=O)(CCN1CC=C(c2ccc(O)cc2)CC1)c1cc(Cl)ccc1Cl. The number of nitrogens with zero attached hydrogens (tertiary/aromatic N) is 1. The third-order valence-electron chi connectivity index (χ3n) is 4.44. The van der Waals surface area contributed by atoms with Crippen molar-refractivity contribution in [3.63, 3.8) is 0 Å². The average Bonchev–Trinajstić information content (AvgIpc) is 2.63. The molecule has 2 aromatic rings. The number of hydrogen-bond acceptors (Lipinski definition) is 4. The lowest BCUT2D eigenvalue weighted by molar-refractivity contribution is 0.319. The molecule has 4 nitrogen and oxygen atoms in total. The minimum atomic E-state index is -3.49. The number of halogens is 2. The molecule has 138 valence electrons. The summed E-state index contributed by atoms with van der Waals surface area (Å²) in [6, 6.07) is 11.6. The third-order valence-corrected chi connectivity index (χ3v) is 6.84. The highest BCUT2D eigenvalue weighted by Crippen LogP contribution is 2.27. The summed E-state index contributed by atoms with van der Waals surface area (Å²) in [5.74, 6) is 0.242. The summed E-state index contributed by atoms with van der Waals surface area (Å²) in [5.41, 5.74) is 2.29. The highest BCUT2D eigenvalue weighted by molar-refractivity contribution is 7.91. The van der Waals surface area contributed by atoms with Crippen LogP contribution in [-0.2, 0) is 9.84 Å². The number of hydrogen-bond donors (Lipinski definition) is 1. The van der Waals surface area contributed by atoms with Gasteiger partial charge in [-0.2, -0.15) is 0 Å². The van der Waals surface area contributed by atoms with Crippen molar-refractivity contribution in [1.82, 2.24) is 4.90 Å². The summed E-state index contributed by atoms with van der Waals surface area (Å²) in [6.07, 6.45) is 2.94. The maximum absolute atomic E-state index is 12.6. The molecule has 1 heterocycles. The van der Waals surface area contributed by atoms with E-state index in [9.17, 15) is 13.5 Å². The van der Waals surface area contributed by atoms with Crippen molar-refractivity contribution in [2.45, 2.75) is 11.3 Å². The summed E-state index contributed by atoms with van der Waals surface area (Å²) < 4.78 is 25.1. The van der Waals surface area contributed by atoms with E-state index >= 15 is 0 Å². The lowest BCUT2D eigenvalue weighted by Gasteiger charge is -2.26. The Kier molecular flexibility index (Phi) is 5.92. The zero-order valence-corrected chi connectivity index (χ0v) is 16.4. The Morgan fingerprint density at radius 2 is 1.81 bits per heavy atom. The summed E-state index contributed by atoms with van der Waals surface area (Å²) in [7, 11) is -3.49. The van der Waals surface area contributed by atoms with Crippen LogP contribution in [0.5, 0.6) is 5.75 Å². The van der Waals surface area contributed by atoms with E-state index in [4.69, 9.17) is 23.2 Å². The summed E-state index contributed by atoms with van der Waals surface area (Å²) >= 11 is 11.9. The van der Waals surface area contributed by atoms with Crippen molar-refractivity contribution in [3.8, 4) is 5.75 Å². The zero-order valence-electron chi connectivity index (χ0n) is 14.0. The lowest BCUT2D eigenvalue weighted by atomic mass is 9.99. The molecule has 7 heteroatoms. The molecule has 0 saturated carbocycles. The van der Waals surface area contributed by atoms with Gasteiger partial charge in [-0.1, -0.05) is 41.4 Å². The van der Waals surface area contributed by atoms with Gasteiger partial charge in [0.2, 0.25) is 0 Å². The van der Waals surface area contributed by atoms with Gasteiger partial charge in [0.1, 0.15) is 5.75 Å². The van der Waals surface area contributed by atoms with Gasteiger partial charge in [0.05, 0.1) is 15.7 Å². The number of benzene rings is 2. The van der Waals surface area contributed by atoms with Crippen molar-refractivity contribution in [3.05, 3.63) is 64.1 Å². The average molecular weight is 412 g/mol. The molecule has 1 N–H and O–H groups in total. The van der Waals surface area contributed by atoms with Crippen molar-refractivity contribution < 1.29 is 13.5 Å². The number of phenolic OH excluding ortho intramolecular Hbond substituents is 1. The van der Waals surface area contributed by atoms with Gasteiger partial charge in [0, 0.05) is 24.7 Å². The minimum Gasteiger partial charge on any atom is -0.508 e. The van der Waals surface area contributed by atoms with Crippen LogP contribution >= 0.6 is 23.2 Å². The zero-order chi connectivity index (χ0) is 18.7. The first-order chi connectivity index (χ1) is 12.3. The van der Waals surface area contributed by atoms with Crippen LogP contribution < -0.4 is 0 Å². The number of phenols is 1. The van der Waals surface area contributed by atoms with E-state index in [0.717, 1.165) is 18.5 Å². The number of aromatic hydroxyl groups is 1. The van der Waals surface area contributed by atoms with Crippen molar-refractivity contribution in [1.29, 1.82) is 0 Å². The Morgan fingerprint density at radius 1 is 1.08 bits per heavy atom. The van der Waals surface area contributed by atoms with Crippen LogP contribution in [0.2, 0.25) is 10.0 Å². The standard InChI is InChI=1S/C19H19Cl2NO3S/c20-16-3-6-18(21)19(13-16)26(24,25)12-11-22-9-7-15(8-10-22)14-1-4-17(23)5-2-14/h1-7,13,23H,8-12H2. The highest BCUT2D eigenvalue weighted by atomic mass is 35.5. The highest BCUT2D eigenvalue weighted by Gasteiger charge is 2.21. The number of sulfone groups is 1. The molecule has 0 amide bonds. The van der Waals surface area contributed by atoms with Gasteiger partial charge in [-0.3, -0.25) is 4.90 Å². The van der Waals surface area contributed by atoms with Crippen LogP contribution in [0.3, 0.4) is 0 Å². The molecule has 2 aromatic carbocycles. The van der Waals surface area contributed by atoms with Gasteiger partial charge < -0.3 is 5.11 Å². The molecule has 0 fully saturated rings. The Balaban J connectivity index is 1.62. The molecular weight excluding hydrogens is 393 g/mol. The van der Waals surface area contributed by atoms with Crippen LogP contribution in [0, 0.1) is 0 Å².